The highest BCUT2D eigenvalue weighted by Gasteiger charge is 2.60. The standard InChI is InChI=1S/C23H32O5/c1-4-27-20(25)21(26)28-19-8-7-17-16-6-5-14-13-15(24)9-11-22(14,2)18(16)10-12-23(17,19)3/h13,16-19H,4-12H2,1-3H3/t16-,17+,18+,19+,22-,23-/m0/s1. The average Bonchev–Trinajstić information content (AvgIpc) is 2.99. The van der Waals surface area contributed by atoms with Gasteiger partial charge < -0.3 is 9.47 Å². The van der Waals surface area contributed by atoms with Crippen molar-refractivity contribution in [3.8, 4) is 0 Å². The van der Waals surface area contributed by atoms with E-state index in [4.69, 9.17) is 9.47 Å². The van der Waals surface area contributed by atoms with Gasteiger partial charge in [0.15, 0.2) is 5.78 Å². The topological polar surface area (TPSA) is 69.7 Å². The van der Waals surface area contributed by atoms with Crippen LogP contribution in [0.15, 0.2) is 11.6 Å². The lowest BCUT2D eigenvalue weighted by atomic mass is 9.47. The van der Waals surface area contributed by atoms with Crippen LogP contribution in [0.5, 0.6) is 0 Å². The zero-order chi connectivity index (χ0) is 20.1. The Kier molecular flexibility index (Phi) is 4.91. The second-order valence-corrected chi connectivity index (χ2v) is 9.71. The first kappa shape index (κ1) is 19.7. The van der Waals surface area contributed by atoms with Gasteiger partial charge in [-0.3, -0.25) is 4.79 Å². The number of ether oxygens (including phenoxy) is 2. The molecule has 0 bridgehead atoms. The van der Waals surface area contributed by atoms with Crippen molar-refractivity contribution in [2.75, 3.05) is 6.61 Å². The van der Waals surface area contributed by atoms with Crippen molar-refractivity contribution in [2.45, 2.75) is 78.2 Å². The van der Waals surface area contributed by atoms with Gasteiger partial charge in [-0.1, -0.05) is 19.4 Å². The van der Waals surface area contributed by atoms with E-state index in [1.54, 1.807) is 6.92 Å². The van der Waals surface area contributed by atoms with Gasteiger partial charge in [-0.2, -0.15) is 0 Å². The molecule has 0 radical (unpaired) electrons. The quantitative estimate of drug-likeness (QED) is 0.528. The third kappa shape index (κ3) is 2.93. The molecule has 0 heterocycles. The molecular weight excluding hydrogens is 356 g/mol. The predicted octanol–water partition coefficient (Wildman–Crippen LogP) is 3.99. The second kappa shape index (κ2) is 7.00. The number of ketones is 1. The second-order valence-electron chi connectivity index (χ2n) is 9.71. The Hall–Kier alpha value is -1.65. The highest BCUT2D eigenvalue weighted by atomic mass is 16.6. The van der Waals surface area contributed by atoms with Gasteiger partial charge in [0, 0.05) is 11.8 Å². The molecular formula is C23H32O5. The smallest absolute Gasteiger partial charge is 0.417 e. The maximum absolute atomic E-state index is 12.1. The summed E-state index contributed by atoms with van der Waals surface area (Å²) in [6.45, 7) is 6.49. The molecule has 0 aromatic heterocycles. The number of allylic oxidation sites excluding steroid dienone is 1. The summed E-state index contributed by atoms with van der Waals surface area (Å²) in [6, 6.07) is 0. The first-order valence-corrected chi connectivity index (χ1v) is 10.9. The van der Waals surface area contributed by atoms with Crippen LogP contribution >= 0.6 is 0 Å². The third-order valence-electron chi connectivity index (χ3n) is 8.57. The SMILES string of the molecule is CCOC(=O)C(=O)O[C@@H]1CC[C@@H]2[C@@H]3CCC4=CC(=O)CC[C@]4(C)[C@@H]3CC[C@@]21C. The summed E-state index contributed by atoms with van der Waals surface area (Å²) < 4.78 is 10.5. The molecule has 3 saturated carbocycles. The van der Waals surface area contributed by atoms with Crippen molar-refractivity contribution < 1.29 is 23.9 Å². The monoisotopic (exact) mass is 388 g/mol. The van der Waals surface area contributed by atoms with Crippen LogP contribution < -0.4 is 0 Å². The largest absolute Gasteiger partial charge is 0.458 e. The van der Waals surface area contributed by atoms with Crippen molar-refractivity contribution in [2.24, 2.45) is 28.6 Å². The van der Waals surface area contributed by atoms with E-state index in [9.17, 15) is 14.4 Å². The van der Waals surface area contributed by atoms with E-state index in [-0.39, 0.29) is 23.5 Å². The van der Waals surface area contributed by atoms with Crippen LogP contribution in [0.1, 0.15) is 72.1 Å². The Bertz CT molecular complexity index is 725. The Morgan fingerprint density at radius 2 is 1.82 bits per heavy atom. The molecule has 4 rings (SSSR count). The van der Waals surface area contributed by atoms with Crippen LogP contribution in [0, 0.1) is 28.6 Å². The highest BCUT2D eigenvalue weighted by Crippen LogP contribution is 2.65. The Morgan fingerprint density at radius 3 is 2.57 bits per heavy atom. The van der Waals surface area contributed by atoms with Crippen molar-refractivity contribution >= 4 is 17.7 Å². The number of hydrogen-bond donors (Lipinski definition) is 0. The van der Waals surface area contributed by atoms with E-state index in [2.05, 4.69) is 13.8 Å². The predicted molar refractivity (Wildman–Crippen MR) is 103 cm³/mol. The Labute approximate surface area is 167 Å². The third-order valence-corrected chi connectivity index (χ3v) is 8.57. The number of carbonyl (C=O) groups is 3. The molecule has 5 heteroatoms. The van der Waals surface area contributed by atoms with E-state index in [1.165, 1.54) is 5.57 Å². The molecule has 0 unspecified atom stereocenters. The molecule has 4 aliphatic rings. The number of fused-ring (bicyclic) bond motifs is 5. The fourth-order valence-corrected chi connectivity index (χ4v) is 7.07. The first-order chi connectivity index (χ1) is 13.3. The minimum atomic E-state index is -0.880. The van der Waals surface area contributed by atoms with Crippen molar-refractivity contribution in [3.05, 3.63) is 11.6 Å². The lowest BCUT2D eigenvalue weighted by Crippen LogP contribution is -2.51. The van der Waals surface area contributed by atoms with Gasteiger partial charge in [-0.15, -0.1) is 0 Å². The van der Waals surface area contributed by atoms with Gasteiger partial charge in [-0.25, -0.2) is 9.59 Å². The average molecular weight is 389 g/mol. The summed E-state index contributed by atoms with van der Waals surface area (Å²) in [5.74, 6) is 0.303. The molecule has 0 aromatic carbocycles. The molecule has 6 atom stereocenters. The van der Waals surface area contributed by atoms with Crippen LogP contribution in [0.3, 0.4) is 0 Å². The number of esters is 2. The summed E-state index contributed by atoms with van der Waals surface area (Å²) in [5.41, 5.74) is 1.46. The van der Waals surface area contributed by atoms with Crippen molar-refractivity contribution in [1.29, 1.82) is 0 Å². The molecule has 0 saturated heterocycles. The molecule has 154 valence electrons. The maximum Gasteiger partial charge on any atom is 0.417 e. The first-order valence-electron chi connectivity index (χ1n) is 10.9. The summed E-state index contributed by atoms with van der Waals surface area (Å²) in [5, 5.41) is 0. The fraction of sp³-hybridized carbons (Fsp3) is 0.783. The molecule has 0 N–H and O–H groups in total. The summed E-state index contributed by atoms with van der Waals surface area (Å²) in [6.07, 6.45) is 9.51. The van der Waals surface area contributed by atoms with Crippen LogP contribution in [-0.4, -0.2) is 30.4 Å². The Morgan fingerprint density at radius 1 is 1.04 bits per heavy atom. The van der Waals surface area contributed by atoms with E-state index < -0.39 is 11.9 Å². The number of carbonyl (C=O) groups excluding carboxylic acids is 3. The highest BCUT2D eigenvalue weighted by molar-refractivity contribution is 6.29. The van der Waals surface area contributed by atoms with E-state index in [1.807, 2.05) is 6.08 Å². The van der Waals surface area contributed by atoms with Crippen LogP contribution in [-0.2, 0) is 23.9 Å². The summed E-state index contributed by atoms with van der Waals surface area (Å²) >= 11 is 0. The molecule has 3 fully saturated rings. The molecule has 4 aliphatic carbocycles. The van der Waals surface area contributed by atoms with Crippen LogP contribution in [0.4, 0.5) is 0 Å². The minimum absolute atomic E-state index is 0.0641. The lowest BCUT2D eigenvalue weighted by Gasteiger charge is -2.57. The van der Waals surface area contributed by atoms with Crippen LogP contribution in [0.25, 0.3) is 0 Å². The molecule has 5 nitrogen and oxygen atoms in total. The maximum atomic E-state index is 12.1. The molecule has 0 aromatic rings. The summed E-state index contributed by atoms with van der Waals surface area (Å²) in [4.78, 5) is 35.8. The van der Waals surface area contributed by atoms with Gasteiger partial charge in [0.2, 0.25) is 0 Å². The fourth-order valence-electron chi connectivity index (χ4n) is 7.07. The van der Waals surface area contributed by atoms with Gasteiger partial charge in [0.05, 0.1) is 6.61 Å². The molecule has 0 spiro atoms. The van der Waals surface area contributed by atoms with Gasteiger partial charge in [-0.05, 0) is 81.1 Å². The lowest BCUT2D eigenvalue weighted by molar-refractivity contribution is -0.176. The van der Waals surface area contributed by atoms with Gasteiger partial charge >= 0.3 is 11.9 Å². The van der Waals surface area contributed by atoms with Crippen LogP contribution in [0.2, 0.25) is 0 Å². The van der Waals surface area contributed by atoms with Gasteiger partial charge in [0.1, 0.15) is 6.10 Å². The number of rotatable bonds is 2. The number of hydrogen-bond acceptors (Lipinski definition) is 5. The van der Waals surface area contributed by atoms with E-state index in [0.29, 0.717) is 30.0 Å². The van der Waals surface area contributed by atoms with Crippen molar-refractivity contribution in [3.63, 3.8) is 0 Å². The molecule has 0 aliphatic heterocycles. The van der Waals surface area contributed by atoms with E-state index >= 15 is 0 Å². The Balaban J connectivity index is 1.52. The molecule has 28 heavy (non-hydrogen) atoms. The zero-order valence-electron chi connectivity index (χ0n) is 17.3. The zero-order valence-corrected chi connectivity index (χ0v) is 17.3. The molecule has 0 amide bonds. The minimum Gasteiger partial charge on any atom is -0.458 e. The van der Waals surface area contributed by atoms with Crippen molar-refractivity contribution in [1.82, 2.24) is 0 Å². The normalized spacial score (nSPS) is 42.0. The van der Waals surface area contributed by atoms with Gasteiger partial charge in [0.25, 0.3) is 0 Å². The van der Waals surface area contributed by atoms with E-state index in [0.717, 1.165) is 44.9 Å². The summed E-state index contributed by atoms with van der Waals surface area (Å²) in [7, 11) is 0.